The number of aryl methyl sites for hydroxylation is 1. The van der Waals surface area contributed by atoms with Gasteiger partial charge in [-0.25, -0.2) is 0 Å². The molecule has 25 heavy (non-hydrogen) atoms. The molecule has 6 heteroatoms. The van der Waals surface area contributed by atoms with Gasteiger partial charge in [0, 0.05) is 54.1 Å². The molecule has 3 heterocycles. The second-order valence-electron chi connectivity index (χ2n) is 6.53. The molecule has 1 fully saturated rings. The Morgan fingerprint density at radius 1 is 1.40 bits per heavy atom. The van der Waals surface area contributed by atoms with E-state index in [4.69, 9.17) is 9.26 Å². The summed E-state index contributed by atoms with van der Waals surface area (Å²) in [6.45, 7) is 3.19. The lowest BCUT2D eigenvalue weighted by molar-refractivity contribution is 0.0674. The van der Waals surface area contributed by atoms with Gasteiger partial charge in [-0.1, -0.05) is 23.4 Å². The van der Waals surface area contributed by atoms with E-state index in [1.165, 1.54) is 0 Å². The van der Waals surface area contributed by atoms with Crippen molar-refractivity contribution in [3.8, 4) is 0 Å². The summed E-state index contributed by atoms with van der Waals surface area (Å²) in [7, 11) is 1.71. The van der Waals surface area contributed by atoms with E-state index in [0.717, 1.165) is 33.5 Å². The number of hydrogen-bond donors (Lipinski definition) is 0. The van der Waals surface area contributed by atoms with Crippen LogP contribution in [0.5, 0.6) is 0 Å². The monoisotopic (exact) mass is 356 g/mol. The van der Waals surface area contributed by atoms with Crippen LogP contribution in [-0.4, -0.2) is 42.3 Å². The average molecular weight is 356 g/mol. The van der Waals surface area contributed by atoms with Crippen LogP contribution in [0.15, 0.2) is 40.2 Å². The molecule has 130 valence electrons. The quantitative estimate of drug-likeness (QED) is 0.718. The average Bonchev–Trinajstić information content (AvgIpc) is 3.33. The molecule has 1 aromatic carbocycles. The maximum Gasteiger partial charge on any atom is 0.255 e. The van der Waals surface area contributed by atoms with E-state index in [1.807, 2.05) is 47.5 Å². The van der Waals surface area contributed by atoms with Crippen LogP contribution in [0, 0.1) is 12.8 Å². The van der Waals surface area contributed by atoms with E-state index in [2.05, 4.69) is 5.16 Å². The van der Waals surface area contributed by atoms with Gasteiger partial charge in [-0.05, 0) is 13.0 Å². The fourth-order valence-corrected chi connectivity index (χ4v) is 4.49. The third-order valence-corrected chi connectivity index (χ3v) is 5.79. The molecule has 3 aromatic rings. The Labute approximate surface area is 150 Å². The van der Waals surface area contributed by atoms with Crippen LogP contribution in [0.4, 0.5) is 0 Å². The maximum absolute atomic E-state index is 13.0. The molecule has 1 amide bonds. The second-order valence-corrected chi connectivity index (χ2v) is 7.44. The van der Waals surface area contributed by atoms with Crippen molar-refractivity contribution >= 4 is 27.3 Å². The summed E-state index contributed by atoms with van der Waals surface area (Å²) in [5.41, 5.74) is 1.66. The highest BCUT2D eigenvalue weighted by Crippen LogP contribution is 2.30. The molecular formula is C19H20N2O3S. The largest absolute Gasteiger partial charge is 0.379 e. The zero-order valence-corrected chi connectivity index (χ0v) is 15.1. The third kappa shape index (κ3) is 3.07. The molecule has 4 rings (SSSR count). The van der Waals surface area contributed by atoms with Gasteiger partial charge in [0.1, 0.15) is 5.76 Å². The Morgan fingerprint density at radius 2 is 2.24 bits per heavy atom. The van der Waals surface area contributed by atoms with Gasteiger partial charge in [0.2, 0.25) is 0 Å². The smallest absolute Gasteiger partial charge is 0.255 e. The Bertz CT molecular complexity index is 901. The number of methoxy groups -OCH3 is 1. The van der Waals surface area contributed by atoms with Crippen LogP contribution in [0.2, 0.25) is 0 Å². The molecule has 0 bridgehead atoms. The molecule has 1 aliphatic rings. The Balaban J connectivity index is 1.54. The highest BCUT2D eigenvalue weighted by Gasteiger charge is 2.37. The summed E-state index contributed by atoms with van der Waals surface area (Å²) >= 11 is 1.61. The van der Waals surface area contributed by atoms with Crippen molar-refractivity contribution in [3.05, 3.63) is 52.7 Å². The number of carbonyl (C=O) groups is 1. The maximum atomic E-state index is 13.0. The van der Waals surface area contributed by atoms with E-state index in [-0.39, 0.29) is 17.9 Å². The number of likely N-dealkylation sites (tertiary alicyclic amines) is 1. The lowest BCUT2D eigenvalue weighted by atomic mass is 10.0. The minimum absolute atomic E-state index is 0.0132. The van der Waals surface area contributed by atoms with Crippen molar-refractivity contribution < 1.29 is 14.1 Å². The van der Waals surface area contributed by atoms with Gasteiger partial charge in [0.15, 0.2) is 0 Å². The predicted octanol–water partition coefficient (Wildman–Crippen LogP) is 3.53. The summed E-state index contributed by atoms with van der Waals surface area (Å²) in [6, 6.07) is 9.98. The molecule has 5 nitrogen and oxygen atoms in total. The van der Waals surface area contributed by atoms with Crippen molar-refractivity contribution in [1.82, 2.24) is 10.1 Å². The topological polar surface area (TPSA) is 55.6 Å². The lowest BCUT2D eigenvalue weighted by Crippen LogP contribution is -2.29. The van der Waals surface area contributed by atoms with Crippen molar-refractivity contribution in [2.45, 2.75) is 19.4 Å². The summed E-state index contributed by atoms with van der Waals surface area (Å²) < 4.78 is 12.1. The van der Waals surface area contributed by atoms with Crippen LogP contribution in [0.1, 0.15) is 21.8 Å². The van der Waals surface area contributed by atoms with E-state index in [1.54, 1.807) is 18.4 Å². The van der Waals surface area contributed by atoms with Crippen LogP contribution < -0.4 is 0 Å². The van der Waals surface area contributed by atoms with Crippen molar-refractivity contribution in [2.75, 3.05) is 20.2 Å². The first-order valence-electron chi connectivity index (χ1n) is 8.36. The van der Waals surface area contributed by atoms with Gasteiger partial charge in [0.25, 0.3) is 5.91 Å². The number of aromatic nitrogens is 1. The van der Waals surface area contributed by atoms with E-state index in [9.17, 15) is 4.79 Å². The molecule has 2 atom stereocenters. The predicted molar refractivity (Wildman–Crippen MR) is 97.0 cm³/mol. The Hall–Kier alpha value is -2.18. The molecule has 0 N–H and O–H groups in total. The van der Waals surface area contributed by atoms with Gasteiger partial charge in [0.05, 0.1) is 17.4 Å². The fraction of sp³-hybridized carbons (Fsp3) is 0.368. The number of rotatable bonds is 4. The zero-order chi connectivity index (χ0) is 17.4. The number of carbonyl (C=O) groups excluding carboxylic acids is 1. The highest BCUT2D eigenvalue weighted by atomic mass is 32.1. The standard InChI is InChI=1S/C19H20N2O3S/c1-12-7-14(24-20-12)8-13-9-21(10-17(13)23-2)19(22)16-11-25-18-6-4-3-5-15(16)18/h3-7,11,13,17H,8-10H2,1-2H3/t13-,17+/m1/s1. The highest BCUT2D eigenvalue weighted by molar-refractivity contribution is 7.17. The van der Waals surface area contributed by atoms with Crippen LogP contribution >= 0.6 is 11.3 Å². The number of hydrogen-bond acceptors (Lipinski definition) is 5. The summed E-state index contributed by atoms with van der Waals surface area (Å²) in [5.74, 6) is 1.14. The van der Waals surface area contributed by atoms with E-state index < -0.39 is 0 Å². The van der Waals surface area contributed by atoms with Gasteiger partial charge in [-0.2, -0.15) is 0 Å². The first kappa shape index (κ1) is 16.3. The van der Waals surface area contributed by atoms with Gasteiger partial charge in [-0.15, -0.1) is 11.3 Å². The molecule has 1 aliphatic heterocycles. The number of benzene rings is 1. The second kappa shape index (κ2) is 6.61. The lowest BCUT2D eigenvalue weighted by Gasteiger charge is -2.15. The van der Waals surface area contributed by atoms with Gasteiger partial charge < -0.3 is 14.2 Å². The van der Waals surface area contributed by atoms with Crippen molar-refractivity contribution in [1.29, 1.82) is 0 Å². The normalized spacial score (nSPS) is 20.5. The van der Waals surface area contributed by atoms with Crippen molar-refractivity contribution in [2.24, 2.45) is 5.92 Å². The number of fused-ring (bicyclic) bond motifs is 1. The summed E-state index contributed by atoms with van der Waals surface area (Å²) in [4.78, 5) is 14.9. The molecular weight excluding hydrogens is 336 g/mol. The zero-order valence-electron chi connectivity index (χ0n) is 14.3. The van der Waals surface area contributed by atoms with E-state index in [0.29, 0.717) is 13.1 Å². The Kier molecular flexibility index (Phi) is 4.31. The van der Waals surface area contributed by atoms with Crippen LogP contribution in [0.25, 0.3) is 10.1 Å². The number of amides is 1. The summed E-state index contributed by atoms with van der Waals surface area (Å²) in [6.07, 6.45) is 0.743. The molecule has 0 spiro atoms. The molecule has 0 aliphatic carbocycles. The summed E-state index contributed by atoms with van der Waals surface area (Å²) in [5, 5.41) is 6.93. The SMILES string of the molecule is CO[C@H]1CN(C(=O)c2csc3ccccc23)C[C@H]1Cc1cc(C)no1. The van der Waals surface area contributed by atoms with Crippen molar-refractivity contribution in [3.63, 3.8) is 0 Å². The van der Waals surface area contributed by atoms with Crippen LogP contribution in [-0.2, 0) is 11.2 Å². The number of nitrogens with zero attached hydrogens (tertiary/aromatic N) is 2. The van der Waals surface area contributed by atoms with Gasteiger partial charge in [-0.3, -0.25) is 4.79 Å². The minimum atomic E-state index is 0.0132. The van der Waals surface area contributed by atoms with Gasteiger partial charge >= 0.3 is 0 Å². The molecule has 0 unspecified atom stereocenters. The van der Waals surface area contributed by atoms with Crippen LogP contribution in [0.3, 0.4) is 0 Å². The first-order valence-corrected chi connectivity index (χ1v) is 9.24. The Morgan fingerprint density at radius 3 is 3.00 bits per heavy atom. The van der Waals surface area contributed by atoms with E-state index >= 15 is 0 Å². The number of thiophene rings is 1. The molecule has 1 saturated heterocycles. The molecule has 0 saturated carbocycles. The molecule has 0 radical (unpaired) electrons. The first-order chi connectivity index (χ1) is 12.2. The third-order valence-electron chi connectivity index (χ3n) is 4.82. The molecule has 2 aromatic heterocycles. The number of ether oxygens (including phenoxy) is 1. The fourth-order valence-electron chi connectivity index (χ4n) is 3.55. The minimum Gasteiger partial charge on any atom is -0.379 e.